The Morgan fingerprint density at radius 1 is 0.605 bits per heavy atom. The monoisotopic (exact) mass is 714 g/mol. The zero-order valence-electron chi connectivity index (χ0n) is 19.0. The van der Waals surface area contributed by atoms with Gasteiger partial charge < -0.3 is 10.0 Å². The third-order valence-corrected chi connectivity index (χ3v) is 6.68. The maximum Gasteiger partial charge on any atom is 0.489 e. The van der Waals surface area contributed by atoms with Crippen LogP contribution in [-0.2, 0) is 0 Å². The topological polar surface area (TPSA) is 127 Å². The largest absolute Gasteiger partial charge is 0.489 e. The molecule has 0 heterocycles. The minimum Gasteiger partial charge on any atom is -0.423 e. The van der Waals surface area contributed by atoms with Crippen LogP contribution in [0.5, 0.6) is 0 Å². The lowest BCUT2D eigenvalue weighted by Gasteiger charge is -2.05. The van der Waals surface area contributed by atoms with Gasteiger partial charge in [-0.2, -0.15) is 8.78 Å². The molecule has 0 atom stereocenters. The molecule has 0 aromatic heterocycles. The van der Waals surface area contributed by atoms with Gasteiger partial charge in [-0.05, 0) is 45.2 Å². The molecule has 0 aliphatic heterocycles. The van der Waals surface area contributed by atoms with Crippen molar-refractivity contribution in [3.63, 3.8) is 0 Å². The molecule has 8 nitrogen and oxygen atoms in total. The minimum atomic E-state index is -1.39. The van der Waals surface area contributed by atoms with E-state index >= 15 is 0 Å². The number of halogens is 5. The predicted octanol–water partition coefficient (Wildman–Crippen LogP) is 6.79. The van der Waals surface area contributed by atoms with Crippen molar-refractivity contribution in [2.24, 2.45) is 0 Å². The molecule has 0 radical (unpaired) electrons. The van der Waals surface area contributed by atoms with Crippen LogP contribution in [0.15, 0.2) is 98.3 Å². The highest BCUT2D eigenvalue weighted by molar-refractivity contribution is 9.11. The molecule has 14 heteroatoms. The predicted molar refractivity (Wildman–Crippen MR) is 151 cm³/mol. The number of nitrogens with zero attached hydrogens (tertiary/aromatic N) is 2. The van der Waals surface area contributed by atoms with Gasteiger partial charge in [0.2, 0.25) is 11.6 Å². The fourth-order valence-electron chi connectivity index (χ4n) is 2.87. The molecular weight excluding hydrogens is 701 g/mol. The molecule has 4 aromatic rings. The van der Waals surface area contributed by atoms with E-state index in [2.05, 4.69) is 47.8 Å². The number of hydrogen-bond acceptors (Lipinski definition) is 6. The third-order valence-electron chi connectivity index (χ3n) is 4.65. The Bertz CT molecular complexity index is 1450. The summed E-state index contributed by atoms with van der Waals surface area (Å²) in [7, 11) is -1.39. The fourth-order valence-corrected chi connectivity index (χ4v) is 4.21. The normalized spacial score (nSPS) is 9.87. The number of nitro benzene ring substituents is 2. The molecule has 0 aliphatic rings. The lowest BCUT2D eigenvalue weighted by Crippen LogP contribution is -2.30. The molecule has 0 amide bonds. The molecule has 0 bridgehead atoms. The fraction of sp³-hybridized carbons (Fsp3) is 0. The van der Waals surface area contributed by atoms with Crippen molar-refractivity contribution < 1.29 is 28.7 Å². The number of nitro groups is 2. The summed E-state index contributed by atoms with van der Waals surface area (Å²) in [5.41, 5.74) is 0.264. The van der Waals surface area contributed by atoms with Gasteiger partial charge in [0.1, 0.15) is 0 Å². The molecule has 0 saturated heterocycles. The summed E-state index contributed by atoms with van der Waals surface area (Å²) in [5.74, 6) is -1.65. The first kappa shape index (κ1) is 31.2. The Morgan fingerprint density at radius 3 is 1.53 bits per heavy atom. The summed E-state index contributed by atoms with van der Waals surface area (Å²) in [6.07, 6.45) is 0. The van der Waals surface area contributed by atoms with E-state index in [9.17, 15) is 29.0 Å². The van der Waals surface area contributed by atoms with Crippen molar-refractivity contribution >= 4 is 71.7 Å². The highest BCUT2D eigenvalue weighted by atomic mass is 79.9. The van der Waals surface area contributed by atoms with Crippen LogP contribution < -0.4 is 5.46 Å². The highest BCUT2D eigenvalue weighted by Crippen LogP contribution is 2.33. The van der Waals surface area contributed by atoms with Crippen molar-refractivity contribution in [2.45, 2.75) is 0 Å². The summed E-state index contributed by atoms with van der Waals surface area (Å²) < 4.78 is 28.2. The average molecular weight is 717 g/mol. The van der Waals surface area contributed by atoms with Gasteiger partial charge in [-0.1, -0.05) is 86.5 Å². The molecule has 196 valence electrons. The minimum absolute atomic E-state index is 0.103. The van der Waals surface area contributed by atoms with Crippen molar-refractivity contribution in [2.75, 3.05) is 0 Å². The summed E-state index contributed by atoms with van der Waals surface area (Å²) in [5, 5.41) is 38.2. The Morgan fingerprint density at radius 2 is 1.05 bits per heavy atom. The van der Waals surface area contributed by atoms with Crippen molar-refractivity contribution in [1.29, 1.82) is 0 Å². The van der Waals surface area contributed by atoms with Crippen LogP contribution in [0.4, 0.5) is 20.2 Å². The molecule has 0 fully saturated rings. The van der Waals surface area contributed by atoms with Crippen LogP contribution in [0, 0.1) is 31.9 Å². The first-order valence-electron chi connectivity index (χ1n) is 10.3. The van der Waals surface area contributed by atoms with Gasteiger partial charge in [-0.3, -0.25) is 20.2 Å². The first-order chi connectivity index (χ1) is 18.0. The summed E-state index contributed by atoms with van der Waals surface area (Å²) in [4.78, 5) is 19.3. The molecule has 0 unspecified atom stereocenters. The summed E-state index contributed by atoms with van der Waals surface area (Å²) >= 11 is 9.30. The van der Waals surface area contributed by atoms with Gasteiger partial charge in [-0.15, -0.1) is 0 Å². The molecule has 2 N–H and O–H groups in total. The van der Waals surface area contributed by atoms with Crippen LogP contribution in [0.25, 0.3) is 11.1 Å². The molecule has 0 saturated carbocycles. The molecule has 4 rings (SSSR count). The van der Waals surface area contributed by atoms with E-state index in [0.29, 0.717) is 20.0 Å². The zero-order chi connectivity index (χ0) is 28.4. The Labute approximate surface area is 240 Å². The third kappa shape index (κ3) is 8.50. The Kier molecular flexibility index (Phi) is 12.1. The second-order valence-electron chi connectivity index (χ2n) is 7.10. The molecule has 38 heavy (non-hydrogen) atoms. The lowest BCUT2D eigenvalue weighted by molar-refractivity contribution is -0.387. The molecule has 0 aliphatic carbocycles. The average Bonchev–Trinajstić information content (AvgIpc) is 2.87. The van der Waals surface area contributed by atoms with E-state index in [1.165, 1.54) is 24.3 Å². The highest BCUT2D eigenvalue weighted by Gasteiger charge is 2.19. The van der Waals surface area contributed by atoms with Crippen LogP contribution in [0.3, 0.4) is 0 Å². The second kappa shape index (κ2) is 14.8. The van der Waals surface area contributed by atoms with E-state index < -0.39 is 40.0 Å². The standard InChI is InChI=1S/C12H7BrFNO2.C6H6BBrO2.C6H3BrFNO2/c13-10-6-2-1-4-8(10)9-5-3-7-11(12(9)14)15(16)17;8-6-4-2-1-3-5(6)7(9)10;7-4-2-1-3-5(6(4)8)9(10)11/h1-7H;1-4,9-10H;1-3H. The van der Waals surface area contributed by atoms with Crippen LogP contribution >= 0.6 is 47.8 Å². The lowest BCUT2D eigenvalue weighted by atomic mass is 9.80. The number of benzene rings is 4. The Balaban J connectivity index is 0.000000211. The van der Waals surface area contributed by atoms with Gasteiger partial charge in [0.15, 0.2) is 0 Å². The van der Waals surface area contributed by atoms with Crippen LogP contribution in [-0.4, -0.2) is 27.0 Å². The summed E-state index contributed by atoms with van der Waals surface area (Å²) in [6.45, 7) is 0. The molecular formula is C24H16BBr3F2N2O6. The smallest absolute Gasteiger partial charge is 0.423 e. The van der Waals surface area contributed by atoms with E-state index in [1.54, 1.807) is 42.5 Å². The van der Waals surface area contributed by atoms with Gasteiger partial charge in [0, 0.05) is 26.6 Å². The SMILES string of the molecule is O=[N+]([O-])c1cccc(-c2ccccc2Br)c1F.O=[N+]([O-])c1cccc(Br)c1F.OB(O)c1ccccc1Br. The number of hydrogen-bond donors (Lipinski definition) is 2. The van der Waals surface area contributed by atoms with Crippen molar-refractivity contribution in [3.05, 3.63) is 130 Å². The zero-order valence-corrected chi connectivity index (χ0v) is 23.7. The second-order valence-corrected chi connectivity index (χ2v) is 9.66. The van der Waals surface area contributed by atoms with Gasteiger partial charge >= 0.3 is 18.5 Å². The van der Waals surface area contributed by atoms with Gasteiger partial charge in [-0.25, -0.2) is 0 Å². The summed E-state index contributed by atoms with van der Waals surface area (Å²) in [6, 6.07) is 22.0. The maximum absolute atomic E-state index is 13.9. The molecule has 4 aromatic carbocycles. The van der Waals surface area contributed by atoms with E-state index in [4.69, 9.17) is 10.0 Å². The quantitative estimate of drug-likeness (QED) is 0.136. The maximum atomic E-state index is 13.9. The van der Waals surface area contributed by atoms with Crippen molar-refractivity contribution in [1.82, 2.24) is 0 Å². The first-order valence-corrected chi connectivity index (χ1v) is 12.7. The Hall–Kier alpha value is -3.04. The van der Waals surface area contributed by atoms with Crippen LogP contribution in [0.2, 0.25) is 0 Å². The van der Waals surface area contributed by atoms with E-state index in [-0.39, 0.29) is 10.0 Å². The van der Waals surface area contributed by atoms with Crippen molar-refractivity contribution in [3.8, 4) is 11.1 Å². The van der Waals surface area contributed by atoms with Gasteiger partial charge in [0.05, 0.1) is 14.3 Å². The molecule has 0 spiro atoms. The van der Waals surface area contributed by atoms with Gasteiger partial charge in [0.25, 0.3) is 0 Å². The van der Waals surface area contributed by atoms with E-state index in [1.807, 2.05) is 6.07 Å². The van der Waals surface area contributed by atoms with E-state index in [0.717, 1.165) is 12.1 Å². The number of rotatable bonds is 4. The van der Waals surface area contributed by atoms with Crippen LogP contribution in [0.1, 0.15) is 0 Å².